The van der Waals surface area contributed by atoms with Crippen LogP contribution >= 0.6 is 0 Å². The molecule has 0 unspecified atom stereocenters. The van der Waals surface area contributed by atoms with Gasteiger partial charge in [0.05, 0.1) is 12.5 Å². The van der Waals surface area contributed by atoms with E-state index in [2.05, 4.69) is 14.8 Å². The Balaban J connectivity index is 0.000000168. The number of carboxylic acids is 1. The zero-order chi connectivity index (χ0) is 24.5. The number of nitrogens with one attached hydrogen (secondary N) is 1. The van der Waals surface area contributed by atoms with Gasteiger partial charge in [-0.05, 0) is 76.1 Å². The molecule has 5 rings (SSSR count). The third-order valence-corrected chi connectivity index (χ3v) is 6.89. The third-order valence-electron chi connectivity index (χ3n) is 6.89. The number of piperidine rings is 1. The van der Waals surface area contributed by atoms with Gasteiger partial charge in [0.25, 0.3) is 0 Å². The number of ether oxygens (including phenoxy) is 1. The van der Waals surface area contributed by atoms with Crippen LogP contribution in [-0.2, 0) is 6.61 Å². The minimum absolute atomic E-state index is 0.148. The normalized spacial score (nSPS) is 18.1. The standard InChI is InChI=1S/C14H11NO4.C13H27N3/c16-14(17)12-6-10-11(15-12)2-1-3-13(10)19-8-9-4-5-18-7-9;14-13-5-9-16(10-6-13)12-11-15-7-3-1-2-4-8-15/h1-7,15H,8H2,(H,16,17);13H,1-12,14H2. The number of aromatic carboxylic acids is 1. The van der Waals surface area contributed by atoms with Crippen molar-refractivity contribution in [2.24, 2.45) is 5.73 Å². The molecule has 0 radical (unpaired) electrons. The molecule has 2 fully saturated rings. The average Bonchev–Trinajstić information content (AvgIpc) is 3.48. The molecule has 0 bridgehead atoms. The summed E-state index contributed by atoms with van der Waals surface area (Å²) in [5.41, 5.74) is 7.73. The topological polar surface area (TPSA) is 108 Å². The number of hydrogen-bond acceptors (Lipinski definition) is 6. The Morgan fingerprint density at radius 3 is 2.43 bits per heavy atom. The fourth-order valence-corrected chi connectivity index (χ4v) is 4.72. The minimum atomic E-state index is -0.989. The summed E-state index contributed by atoms with van der Waals surface area (Å²) in [6, 6.07) is 9.29. The van der Waals surface area contributed by atoms with Crippen molar-refractivity contribution in [3.63, 3.8) is 0 Å². The first-order chi connectivity index (χ1) is 17.1. The number of furan rings is 1. The summed E-state index contributed by atoms with van der Waals surface area (Å²) < 4.78 is 10.6. The van der Waals surface area contributed by atoms with Crippen molar-refractivity contribution in [3.8, 4) is 5.75 Å². The van der Waals surface area contributed by atoms with Gasteiger partial charge >= 0.3 is 5.97 Å². The summed E-state index contributed by atoms with van der Waals surface area (Å²) in [4.78, 5) is 19.0. The number of likely N-dealkylation sites (tertiary alicyclic amines) is 2. The number of H-pyrrole nitrogens is 1. The second-order valence-electron chi connectivity index (χ2n) is 9.56. The van der Waals surface area contributed by atoms with Crippen molar-refractivity contribution in [1.29, 1.82) is 0 Å². The van der Waals surface area contributed by atoms with Crippen LogP contribution in [0.5, 0.6) is 5.75 Å². The van der Waals surface area contributed by atoms with E-state index in [9.17, 15) is 4.79 Å². The molecular formula is C27H38N4O4. The first-order valence-corrected chi connectivity index (χ1v) is 12.8. The largest absolute Gasteiger partial charge is 0.488 e. The van der Waals surface area contributed by atoms with Crippen LogP contribution in [-0.4, -0.2) is 71.2 Å². The Hall–Kier alpha value is -2.81. The number of hydrogen-bond donors (Lipinski definition) is 3. The number of nitrogens with two attached hydrogens (primary N) is 1. The number of nitrogens with zero attached hydrogens (tertiary/aromatic N) is 2. The van der Waals surface area contributed by atoms with Gasteiger partial charge < -0.3 is 34.8 Å². The first kappa shape index (κ1) is 25.3. The Morgan fingerprint density at radius 2 is 1.77 bits per heavy atom. The molecule has 8 nitrogen and oxygen atoms in total. The summed E-state index contributed by atoms with van der Waals surface area (Å²) in [5, 5.41) is 9.73. The van der Waals surface area contributed by atoms with Crippen LogP contribution in [0, 0.1) is 0 Å². The zero-order valence-electron chi connectivity index (χ0n) is 20.5. The maximum absolute atomic E-state index is 10.9. The van der Waals surface area contributed by atoms with Crippen molar-refractivity contribution >= 4 is 16.9 Å². The lowest BCUT2D eigenvalue weighted by atomic mass is 10.1. The Morgan fingerprint density at radius 1 is 1.06 bits per heavy atom. The molecule has 0 amide bonds. The molecule has 190 valence electrons. The number of fused-ring (bicyclic) bond motifs is 1. The number of aromatic amines is 1. The van der Waals surface area contributed by atoms with Gasteiger partial charge in [0.1, 0.15) is 18.1 Å². The molecule has 35 heavy (non-hydrogen) atoms. The van der Waals surface area contributed by atoms with E-state index in [0.717, 1.165) is 16.5 Å². The highest BCUT2D eigenvalue weighted by Gasteiger charge is 2.17. The molecule has 8 heteroatoms. The third kappa shape index (κ3) is 7.59. The van der Waals surface area contributed by atoms with Crippen molar-refractivity contribution in [2.75, 3.05) is 39.3 Å². The van der Waals surface area contributed by atoms with Crippen LogP contribution in [0.1, 0.15) is 54.6 Å². The van der Waals surface area contributed by atoms with E-state index in [1.807, 2.05) is 24.3 Å². The summed E-state index contributed by atoms with van der Waals surface area (Å²) >= 11 is 0. The van der Waals surface area contributed by atoms with Crippen molar-refractivity contribution in [2.45, 2.75) is 51.2 Å². The van der Waals surface area contributed by atoms with E-state index in [0.29, 0.717) is 18.4 Å². The molecule has 3 aromatic rings. The van der Waals surface area contributed by atoms with Gasteiger partial charge in [-0.2, -0.15) is 0 Å². The van der Waals surface area contributed by atoms with Crippen molar-refractivity contribution in [3.05, 3.63) is 54.1 Å². The van der Waals surface area contributed by atoms with Crippen LogP contribution in [0.2, 0.25) is 0 Å². The molecule has 2 aromatic heterocycles. The molecule has 0 spiro atoms. The molecular weight excluding hydrogens is 444 g/mol. The highest BCUT2D eigenvalue weighted by atomic mass is 16.5. The molecule has 1 aromatic carbocycles. The summed E-state index contributed by atoms with van der Waals surface area (Å²) in [7, 11) is 0. The maximum Gasteiger partial charge on any atom is 0.352 e. The average molecular weight is 483 g/mol. The number of rotatable bonds is 7. The highest BCUT2D eigenvalue weighted by molar-refractivity contribution is 5.96. The minimum Gasteiger partial charge on any atom is -0.488 e. The van der Waals surface area contributed by atoms with Gasteiger partial charge in [-0.1, -0.05) is 18.9 Å². The quantitative estimate of drug-likeness (QED) is 0.460. The number of benzene rings is 1. The first-order valence-electron chi connectivity index (χ1n) is 12.8. The summed E-state index contributed by atoms with van der Waals surface area (Å²) in [6.07, 6.45) is 11.3. The second-order valence-corrected chi connectivity index (χ2v) is 9.56. The summed E-state index contributed by atoms with van der Waals surface area (Å²) in [5.74, 6) is -0.348. The van der Waals surface area contributed by atoms with E-state index < -0.39 is 5.97 Å². The van der Waals surface area contributed by atoms with Gasteiger partial charge in [-0.25, -0.2) is 4.79 Å². The smallest absolute Gasteiger partial charge is 0.352 e. The molecule has 0 saturated carbocycles. The Kier molecular flexibility index (Phi) is 9.22. The van der Waals surface area contributed by atoms with E-state index >= 15 is 0 Å². The van der Waals surface area contributed by atoms with E-state index in [4.69, 9.17) is 20.0 Å². The molecule has 2 aliphatic rings. The number of carbonyl (C=O) groups is 1. The van der Waals surface area contributed by atoms with Crippen LogP contribution in [0.4, 0.5) is 0 Å². The number of carboxylic acid groups (broad SMARTS) is 1. The predicted molar refractivity (Wildman–Crippen MR) is 137 cm³/mol. The van der Waals surface area contributed by atoms with Gasteiger partial charge in [0, 0.05) is 35.6 Å². The molecule has 4 heterocycles. The Bertz CT molecular complexity index is 1030. The van der Waals surface area contributed by atoms with E-state index in [1.54, 1.807) is 18.6 Å². The van der Waals surface area contributed by atoms with E-state index in [1.165, 1.54) is 77.8 Å². The van der Waals surface area contributed by atoms with Gasteiger partial charge in [0.2, 0.25) is 0 Å². The van der Waals surface area contributed by atoms with Gasteiger partial charge in [0.15, 0.2) is 0 Å². The van der Waals surface area contributed by atoms with Crippen LogP contribution in [0.3, 0.4) is 0 Å². The lowest BCUT2D eigenvalue weighted by Gasteiger charge is -2.32. The fourth-order valence-electron chi connectivity index (χ4n) is 4.72. The predicted octanol–water partition coefficient (Wildman–Crippen LogP) is 4.32. The van der Waals surface area contributed by atoms with E-state index in [-0.39, 0.29) is 5.69 Å². The molecule has 4 N–H and O–H groups in total. The lowest BCUT2D eigenvalue weighted by molar-refractivity contribution is 0.0691. The highest BCUT2D eigenvalue weighted by Crippen LogP contribution is 2.27. The SMILES string of the molecule is NC1CCN(CCN2CCCCCC2)CC1.O=C(O)c1cc2c(OCc3ccoc3)cccc2[nH]1. The molecule has 0 atom stereocenters. The van der Waals surface area contributed by atoms with Crippen LogP contribution < -0.4 is 10.5 Å². The maximum atomic E-state index is 10.9. The van der Waals surface area contributed by atoms with Crippen LogP contribution in [0.25, 0.3) is 10.9 Å². The Labute approximate surface area is 207 Å². The molecule has 0 aliphatic carbocycles. The molecule has 2 saturated heterocycles. The summed E-state index contributed by atoms with van der Waals surface area (Å²) in [6.45, 7) is 8.00. The monoisotopic (exact) mass is 482 g/mol. The molecule has 2 aliphatic heterocycles. The number of aromatic nitrogens is 1. The van der Waals surface area contributed by atoms with Crippen molar-refractivity contribution in [1.82, 2.24) is 14.8 Å². The van der Waals surface area contributed by atoms with Gasteiger partial charge in [-0.3, -0.25) is 0 Å². The fraction of sp³-hybridized carbons (Fsp3) is 0.519. The van der Waals surface area contributed by atoms with Crippen molar-refractivity contribution < 1.29 is 19.1 Å². The van der Waals surface area contributed by atoms with Crippen LogP contribution in [0.15, 0.2) is 47.3 Å². The lowest BCUT2D eigenvalue weighted by Crippen LogP contribution is -2.43. The second kappa shape index (κ2) is 12.8. The van der Waals surface area contributed by atoms with Gasteiger partial charge in [-0.15, -0.1) is 0 Å². The zero-order valence-corrected chi connectivity index (χ0v) is 20.5.